The first-order chi connectivity index (χ1) is 14.8. The lowest BCUT2D eigenvalue weighted by atomic mass is 9.93. The zero-order valence-corrected chi connectivity index (χ0v) is 17.3. The highest BCUT2D eigenvalue weighted by Gasteiger charge is 2.23. The number of pyridine rings is 1. The van der Waals surface area contributed by atoms with Crippen molar-refractivity contribution >= 4 is 16.6 Å². The summed E-state index contributed by atoms with van der Waals surface area (Å²) in [5.41, 5.74) is 6.89. The van der Waals surface area contributed by atoms with Gasteiger partial charge in [-0.1, -0.05) is 60.7 Å². The lowest BCUT2D eigenvalue weighted by Gasteiger charge is -2.33. The van der Waals surface area contributed by atoms with Crippen LogP contribution in [0.25, 0.3) is 33.3 Å². The van der Waals surface area contributed by atoms with Crippen LogP contribution in [0.15, 0.2) is 78.9 Å². The molecule has 0 bridgehead atoms. The summed E-state index contributed by atoms with van der Waals surface area (Å²) in [6, 6.07) is 27.5. The quantitative estimate of drug-likeness (QED) is 0.391. The summed E-state index contributed by atoms with van der Waals surface area (Å²) in [5, 5.41) is 1.16. The Morgan fingerprint density at radius 3 is 2.10 bits per heavy atom. The predicted octanol–water partition coefficient (Wildman–Crippen LogP) is 6.57. The molecule has 1 fully saturated rings. The van der Waals surface area contributed by atoms with Crippen LogP contribution in [0.1, 0.15) is 19.3 Å². The highest BCUT2D eigenvalue weighted by Crippen LogP contribution is 2.44. The molecule has 0 saturated carbocycles. The first kappa shape index (κ1) is 18.7. The highest BCUT2D eigenvalue weighted by molar-refractivity contribution is 6.05. The van der Waals surface area contributed by atoms with Crippen molar-refractivity contribution in [2.75, 3.05) is 25.1 Å². The second kappa shape index (κ2) is 8.19. The van der Waals surface area contributed by atoms with Crippen LogP contribution in [0.4, 0.5) is 5.69 Å². The molecular weight excluding hydrogens is 368 g/mol. The fourth-order valence-corrected chi connectivity index (χ4v) is 4.48. The number of piperidine rings is 1. The number of nitrogens with zero attached hydrogens (tertiary/aromatic N) is 2. The Labute approximate surface area is 178 Å². The molecule has 3 heteroatoms. The summed E-state index contributed by atoms with van der Waals surface area (Å²) >= 11 is 0. The van der Waals surface area contributed by atoms with Gasteiger partial charge in [-0.3, -0.25) is 0 Å². The topological polar surface area (TPSA) is 25.4 Å². The van der Waals surface area contributed by atoms with Crippen LogP contribution in [0.3, 0.4) is 0 Å². The summed E-state index contributed by atoms with van der Waals surface area (Å²) in [7, 11) is 1.73. The first-order valence-electron chi connectivity index (χ1n) is 10.7. The van der Waals surface area contributed by atoms with Gasteiger partial charge in [0.05, 0.1) is 24.0 Å². The molecule has 0 radical (unpaired) electrons. The number of fused-ring (bicyclic) bond motifs is 1. The Bertz CT molecular complexity index is 1150. The van der Waals surface area contributed by atoms with Crippen LogP contribution in [0.2, 0.25) is 0 Å². The number of anilines is 1. The van der Waals surface area contributed by atoms with Gasteiger partial charge in [-0.05, 0) is 43.0 Å². The van der Waals surface area contributed by atoms with E-state index in [-0.39, 0.29) is 0 Å². The zero-order valence-electron chi connectivity index (χ0n) is 17.3. The van der Waals surface area contributed by atoms with Crippen molar-refractivity contribution in [3.05, 3.63) is 78.9 Å². The average molecular weight is 395 g/mol. The Kier molecular flexibility index (Phi) is 5.10. The van der Waals surface area contributed by atoms with Gasteiger partial charge < -0.3 is 9.64 Å². The molecule has 0 N–H and O–H groups in total. The molecule has 0 unspecified atom stereocenters. The van der Waals surface area contributed by atoms with Crippen LogP contribution in [0, 0.1) is 0 Å². The Hall–Kier alpha value is -3.33. The minimum Gasteiger partial charge on any atom is -0.497 e. The minimum atomic E-state index is 0.869. The fraction of sp³-hybridized carbons (Fsp3) is 0.222. The SMILES string of the molecule is COc1ccc2nc(-c3ccccc3)c(-c3ccccc3)c(N3CCCCC3)c2c1. The third-order valence-corrected chi connectivity index (χ3v) is 5.95. The van der Waals surface area contributed by atoms with Crippen LogP contribution < -0.4 is 9.64 Å². The van der Waals surface area contributed by atoms with Gasteiger partial charge in [-0.2, -0.15) is 0 Å². The predicted molar refractivity (Wildman–Crippen MR) is 125 cm³/mol. The van der Waals surface area contributed by atoms with Crippen LogP contribution >= 0.6 is 0 Å². The molecule has 0 aliphatic carbocycles. The van der Waals surface area contributed by atoms with Gasteiger partial charge in [0, 0.05) is 29.6 Å². The van der Waals surface area contributed by atoms with Crippen molar-refractivity contribution in [2.45, 2.75) is 19.3 Å². The second-order valence-electron chi connectivity index (χ2n) is 7.85. The van der Waals surface area contributed by atoms with Gasteiger partial charge >= 0.3 is 0 Å². The molecule has 0 amide bonds. The van der Waals surface area contributed by atoms with E-state index >= 15 is 0 Å². The molecule has 150 valence electrons. The zero-order chi connectivity index (χ0) is 20.3. The minimum absolute atomic E-state index is 0.869. The van der Waals surface area contributed by atoms with E-state index in [1.54, 1.807) is 7.11 Å². The normalized spacial score (nSPS) is 14.1. The Morgan fingerprint density at radius 1 is 0.767 bits per heavy atom. The molecule has 4 aromatic rings. The van der Waals surface area contributed by atoms with E-state index in [0.717, 1.165) is 41.0 Å². The molecule has 5 rings (SSSR count). The Morgan fingerprint density at radius 2 is 1.43 bits per heavy atom. The van der Waals surface area contributed by atoms with Crippen LogP contribution in [-0.4, -0.2) is 25.2 Å². The Balaban J connectivity index is 1.89. The number of aromatic nitrogens is 1. The maximum absolute atomic E-state index is 5.58. The molecule has 1 saturated heterocycles. The van der Waals surface area contributed by atoms with Gasteiger partial charge in [0.25, 0.3) is 0 Å². The summed E-state index contributed by atoms with van der Waals surface area (Å²) in [6.07, 6.45) is 3.75. The monoisotopic (exact) mass is 394 g/mol. The molecule has 2 heterocycles. The standard InChI is InChI=1S/C27H26N2O/c1-30-22-15-16-24-23(19-22)27(29-17-9-4-10-18-29)25(20-11-5-2-6-12-20)26(28-24)21-13-7-3-8-14-21/h2-3,5-8,11-16,19H,4,9-10,17-18H2,1H3. The van der Waals surface area contributed by atoms with Crippen molar-refractivity contribution in [3.63, 3.8) is 0 Å². The number of rotatable bonds is 4. The van der Waals surface area contributed by atoms with E-state index in [1.165, 1.54) is 36.1 Å². The number of benzene rings is 3. The number of hydrogen-bond donors (Lipinski definition) is 0. The summed E-state index contributed by atoms with van der Waals surface area (Å²) in [6.45, 7) is 2.15. The third kappa shape index (κ3) is 3.41. The average Bonchev–Trinajstić information content (AvgIpc) is 2.84. The molecular formula is C27H26N2O. The van der Waals surface area contributed by atoms with Crippen LogP contribution in [0.5, 0.6) is 5.75 Å². The fourth-order valence-electron chi connectivity index (χ4n) is 4.48. The molecule has 0 spiro atoms. The molecule has 1 aliphatic heterocycles. The van der Waals surface area contributed by atoms with Crippen molar-refractivity contribution < 1.29 is 4.74 Å². The van der Waals surface area contributed by atoms with Gasteiger partial charge in [0.2, 0.25) is 0 Å². The van der Waals surface area contributed by atoms with E-state index in [2.05, 4.69) is 77.7 Å². The smallest absolute Gasteiger partial charge is 0.119 e. The number of hydrogen-bond acceptors (Lipinski definition) is 3. The third-order valence-electron chi connectivity index (χ3n) is 5.95. The summed E-state index contributed by atoms with van der Waals surface area (Å²) in [4.78, 5) is 7.73. The van der Waals surface area contributed by atoms with E-state index in [9.17, 15) is 0 Å². The van der Waals surface area contributed by atoms with E-state index < -0.39 is 0 Å². The summed E-state index contributed by atoms with van der Waals surface area (Å²) in [5.74, 6) is 0.869. The van der Waals surface area contributed by atoms with Gasteiger partial charge in [-0.15, -0.1) is 0 Å². The first-order valence-corrected chi connectivity index (χ1v) is 10.7. The molecule has 30 heavy (non-hydrogen) atoms. The molecule has 3 nitrogen and oxygen atoms in total. The maximum Gasteiger partial charge on any atom is 0.119 e. The van der Waals surface area contributed by atoms with Gasteiger partial charge in [-0.25, -0.2) is 4.98 Å². The number of methoxy groups -OCH3 is 1. The van der Waals surface area contributed by atoms with E-state index in [4.69, 9.17) is 9.72 Å². The lowest BCUT2D eigenvalue weighted by molar-refractivity contribution is 0.415. The molecule has 1 aliphatic rings. The second-order valence-corrected chi connectivity index (χ2v) is 7.85. The van der Waals surface area contributed by atoms with Crippen molar-refractivity contribution in [2.24, 2.45) is 0 Å². The van der Waals surface area contributed by atoms with E-state index in [1.807, 2.05) is 6.07 Å². The molecule has 1 aromatic heterocycles. The van der Waals surface area contributed by atoms with Crippen molar-refractivity contribution in [3.8, 4) is 28.1 Å². The summed E-state index contributed by atoms with van der Waals surface area (Å²) < 4.78 is 5.58. The van der Waals surface area contributed by atoms with Gasteiger partial charge in [0.15, 0.2) is 0 Å². The number of ether oxygens (including phenoxy) is 1. The van der Waals surface area contributed by atoms with Crippen molar-refractivity contribution in [1.29, 1.82) is 0 Å². The molecule has 3 aromatic carbocycles. The largest absolute Gasteiger partial charge is 0.497 e. The van der Waals surface area contributed by atoms with Gasteiger partial charge in [0.1, 0.15) is 5.75 Å². The van der Waals surface area contributed by atoms with E-state index in [0.29, 0.717) is 0 Å². The maximum atomic E-state index is 5.58. The van der Waals surface area contributed by atoms with Crippen molar-refractivity contribution in [1.82, 2.24) is 4.98 Å². The van der Waals surface area contributed by atoms with Crippen LogP contribution in [-0.2, 0) is 0 Å². The molecule has 0 atom stereocenters. The highest BCUT2D eigenvalue weighted by atomic mass is 16.5. The lowest BCUT2D eigenvalue weighted by Crippen LogP contribution is -2.30.